The van der Waals surface area contributed by atoms with Gasteiger partial charge >= 0.3 is 0 Å². The molecule has 0 saturated carbocycles. The van der Waals surface area contributed by atoms with Crippen molar-refractivity contribution in [2.75, 3.05) is 4.90 Å². The summed E-state index contributed by atoms with van der Waals surface area (Å²) in [5.41, 5.74) is 19.5. The molecule has 0 spiro atoms. The average Bonchev–Trinajstić information content (AvgIpc) is 3.89. The summed E-state index contributed by atoms with van der Waals surface area (Å²) in [6.45, 7) is 13.1. The molecule has 0 amide bonds. The quantitative estimate of drug-likeness (QED) is 0.163. The first-order valence-corrected chi connectivity index (χ1v) is 17.7. The first kappa shape index (κ1) is 31.5. The molecule has 9 rings (SSSR count). The molecule has 0 saturated heterocycles. The number of nitrogens with one attached hydrogen (secondary N) is 3. The van der Waals surface area contributed by atoms with E-state index in [0.29, 0.717) is 0 Å². The van der Waals surface area contributed by atoms with Gasteiger partial charge < -0.3 is 19.9 Å². The Morgan fingerprint density at radius 2 is 0.654 bits per heavy atom. The van der Waals surface area contributed by atoms with Crippen LogP contribution in [-0.2, 0) is 0 Å². The van der Waals surface area contributed by atoms with Crippen molar-refractivity contribution in [2.24, 2.45) is 0 Å². The number of benzene rings is 6. The van der Waals surface area contributed by atoms with Crippen molar-refractivity contribution in [3.05, 3.63) is 143 Å². The van der Waals surface area contributed by atoms with E-state index in [1.54, 1.807) is 0 Å². The van der Waals surface area contributed by atoms with Crippen molar-refractivity contribution >= 4 is 50.2 Å². The Morgan fingerprint density at radius 1 is 0.365 bits per heavy atom. The highest BCUT2D eigenvalue weighted by molar-refractivity contribution is 5.89. The van der Waals surface area contributed by atoms with Gasteiger partial charge in [0.15, 0.2) is 0 Å². The van der Waals surface area contributed by atoms with Gasteiger partial charge in [-0.3, -0.25) is 0 Å². The highest BCUT2D eigenvalue weighted by Crippen LogP contribution is 2.45. The van der Waals surface area contributed by atoms with Crippen molar-refractivity contribution in [3.63, 3.8) is 0 Å². The van der Waals surface area contributed by atoms with Crippen LogP contribution in [0, 0.1) is 41.5 Å². The molecule has 3 heterocycles. The molecule has 7 nitrogen and oxygen atoms in total. The molecule has 254 valence electrons. The van der Waals surface area contributed by atoms with E-state index in [9.17, 15) is 0 Å². The van der Waals surface area contributed by atoms with E-state index >= 15 is 0 Å². The lowest BCUT2D eigenvalue weighted by molar-refractivity contribution is 1.17. The topological polar surface area (TPSA) is 89.3 Å². The zero-order valence-electron chi connectivity index (χ0n) is 30.2. The molecule has 52 heavy (non-hydrogen) atoms. The SMILES string of the molecule is Cc1cc(N(c2cc(C)c(-c3nc4ccccc4[nH]3)cc2C)c2cc(C)c(-c3nc4ccccc4[nH]3)cc2C)c(C)cc1-c1nc2ccccc2[nH]1. The van der Waals surface area contributed by atoms with Crippen LogP contribution in [0.2, 0.25) is 0 Å². The molecule has 0 unspecified atom stereocenters. The minimum absolute atomic E-state index is 0.879. The smallest absolute Gasteiger partial charge is 0.138 e. The molecule has 3 aromatic heterocycles. The number of H-pyrrole nitrogens is 3. The molecule has 9 aromatic rings. The molecule has 0 aliphatic heterocycles. The van der Waals surface area contributed by atoms with Crippen LogP contribution in [-0.4, -0.2) is 29.9 Å². The molecule has 0 aliphatic rings. The Morgan fingerprint density at radius 3 is 0.942 bits per heavy atom. The summed E-state index contributed by atoms with van der Waals surface area (Å²) in [6, 6.07) is 38.3. The second-order valence-electron chi connectivity index (χ2n) is 14.0. The van der Waals surface area contributed by atoms with Crippen LogP contribution in [0.15, 0.2) is 109 Å². The maximum absolute atomic E-state index is 4.95. The molecule has 7 heteroatoms. The minimum Gasteiger partial charge on any atom is -0.338 e. The van der Waals surface area contributed by atoms with E-state index in [0.717, 1.165) is 118 Å². The summed E-state index contributed by atoms with van der Waals surface area (Å²) in [5, 5.41) is 0. The number of imidazole rings is 3. The number of aromatic nitrogens is 6. The summed E-state index contributed by atoms with van der Waals surface area (Å²) in [6.07, 6.45) is 0. The number of nitrogens with zero attached hydrogens (tertiary/aromatic N) is 4. The van der Waals surface area contributed by atoms with Crippen molar-refractivity contribution in [3.8, 4) is 34.2 Å². The largest absolute Gasteiger partial charge is 0.338 e. The van der Waals surface area contributed by atoms with Crippen molar-refractivity contribution in [1.29, 1.82) is 0 Å². The number of aromatic amines is 3. The summed E-state index contributed by atoms with van der Waals surface area (Å²) in [4.78, 5) is 27.9. The minimum atomic E-state index is 0.879. The second-order valence-corrected chi connectivity index (χ2v) is 14.0. The number of anilines is 3. The lowest BCUT2D eigenvalue weighted by Gasteiger charge is -2.32. The molecule has 3 N–H and O–H groups in total. The van der Waals surface area contributed by atoms with Gasteiger partial charge in [-0.25, -0.2) is 15.0 Å². The fraction of sp³-hybridized carbons (Fsp3) is 0.133. The highest BCUT2D eigenvalue weighted by Gasteiger charge is 2.24. The average molecular weight is 678 g/mol. The summed E-state index contributed by atoms with van der Waals surface area (Å²) >= 11 is 0. The predicted molar refractivity (Wildman–Crippen MR) is 215 cm³/mol. The summed E-state index contributed by atoms with van der Waals surface area (Å²) in [7, 11) is 0. The van der Waals surface area contributed by atoms with Crippen LogP contribution >= 0.6 is 0 Å². The van der Waals surface area contributed by atoms with Crippen LogP contribution in [0.3, 0.4) is 0 Å². The van der Waals surface area contributed by atoms with E-state index in [2.05, 4.69) is 116 Å². The third kappa shape index (κ3) is 5.24. The van der Waals surface area contributed by atoms with Crippen LogP contribution in [0.25, 0.3) is 67.3 Å². The molecule has 0 bridgehead atoms. The first-order valence-electron chi connectivity index (χ1n) is 17.7. The molecule has 0 radical (unpaired) electrons. The van der Waals surface area contributed by atoms with Crippen LogP contribution in [0.4, 0.5) is 17.1 Å². The molecule has 0 fully saturated rings. The van der Waals surface area contributed by atoms with Gasteiger partial charge in [0, 0.05) is 33.8 Å². The van der Waals surface area contributed by atoms with Gasteiger partial charge in [-0.1, -0.05) is 36.4 Å². The molecular weight excluding hydrogens is 639 g/mol. The summed E-state index contributed by atoms with van der Waals surface area (Å²) < 4.78 is 0. The van der Waals surface area contributed by atoms with Gasteiger partial charge in [0.05, 0.1) is 33.1 Å². The maximum atomic E-state index is 4.95. The van der Waals surface area contributed by atoms with E-state index in [1.165, 1.54) is 0 Å². The molecule has 6 aromatic carbocycles. The Kier molecular flexibility index (Phi) is 7.33. The number of hydrogen-bond donors (Lipinski definition) is 3. The van der Waals surface area contributed by atoms with Gasteiger partial charge in [0.1, 0.15) is 17.5 Å². The highest BCUT2D eigenvalue weighted by atomic mass is 15.2. The van der Waals surface area contributed by atoms with E-state index < -0.39 is 0 Å². The Bertz CT molecular complexity index is 2430. The number of para-hydroxylation sites is 6. The fourth-order valence-corrected chi connectivity index (χ4v) is 7.52. The molecule has 0 aliphatic carbocycles. The molecule has 0 atom stereocenters. The Hall–Kier alpha value is -6.47. The monoisotopic (exact) mass is 677 g/mol. The van der Waals surface area contributed by atoms with Gasteiger partial charge in [0.2, 0.25) is 0 Å². The normalized spacial score (nSPS) is 11.7. The zero-order chi connectivity index (χ0) is 35.7. The third-order valence-corrected chi connectivity index (χ3v) is 10.3. The fourth-order valence-electron chi connectivity index (χ4n) is 7.52. The predicted octanol–water partition coefficient (Wildman–Crippen LogP) is 11.6. The summed E-state index contributed by atoms with van der Waals surface area (Å²) in [5.74, 6) is 2.64. The van der Waals surface area contributed by atoms with Crippen molar-refractivity contribution in [2.45, 2.75) is 41.5 Å². The standard InChI is InChI=1S/C45H39N7/c1-25-22-40(28(4)19-31(25)43-46-34-13-7-8-14-35(34)47-43)52(41-23-26(2)32(20-29(41)5)44-48-36-15-9-10-16-37(36)49-44)42-24-27(3)33(21-30(42)6)45-50-38-17-11-12-18-39(38)51-45/h7-24H,1-6H3,(H,46,47)(H,48,49)(H,50,51). The van der Waals surface area contributed by atoms with Crippen molar-refractivity contribution in [1.82, 2.24) is 29.9 Å². The Balaban J connectivity index is 1.22. The number of hydrogen-bond acceptors (Lipinski definition) is 4. The number of fused-ring (bicyclic) bond motifs is 3. The van der Waals surface area contributed by atoms with Crippen LogP contribution in [0.5, 0.6) is 0 Å². The van der Waals surface area contributed by atoms with E-state index in [4.69, 9.17) is 15.0 Å². The molecular formula is C45H39N7. The maximum Gasteiger partial charge on any atom is 0.138 e. The van der Waals surface area contributed by atoms with Gasteiger partial charge in [0.25, 0.3) is 0 Å². The van der Waals surface area contributed by atoms with Crippen molar-refractivity contribution < 1.29 is 0 Å². The third-order valence-electron chi connectivity index (χ3n) is 10.3. The van der Waals surface area contributed by atoms with E-state index in [1.807, 2.05) is 54.6 Å². The van der Waals surface area contributed by atoms with Crippen LogP contribution < -0.4 is 4.90 Å². The Labute approximate surface area is 302 Å². The van der Waals surface area contributed by atoms with Gasteiger partial charge in [-0.15, -0.1) is 0 Å². The zero-order valence-corrected chi connectivity index (χ0v) is 30.2. The van der Waals surface area contributed by atoms with Crippen LogP contribution in [0.1, 0.15) is 33.4 Å². The lowest BCUT2D eigenvalue weighted by atomic mass is 9.96. The van der Waals surface area contributed by atoms with Gasteiger partial charge in [-0.05, 0) is 148 Å². The first-order chi connectivity index (χ1) is 25.2. The lowest BCUT2D eigenvalue weighted by Crippen LogP contribution is -2.15. The van der Waals surface area contributed by atoms with E-state index in [-0.39, 0.29) is 0 Å². The number of rotatable bonds is 6. The second kappa shape index (κ2) is 12.1. The number of aryl methyl sites for hydroxylation is 6. The van der Waals surface area contributed by atoms with Gasteiger partial charge in [-0.2, -0.15) is 0 Å².